The quantitative estimate of drug-likeness (QED) is 0.745. The van der Waals surface area contributed by atoms with Crippen LogP contribution >= 0.6 is 0 Å². The summed E-state index contributed by atoms with van der Waals surface area (Å²) in [4.78, 5) is 37.0. The predicted molar refractivity (Wildman–Crippen MR) is 109 cm³/mol. The molecule has 4 rings (SSSR count). The Balaban J connectivity index is 1.46. The van der Waals surface area contributed by atoms with Gasteiger partial charge in [0.1, 0.15) is 23.3 Å². The molecule has 1 aliphatic rings. The molecule has 0 spiro atoms. The number of hydrogen-bond acceptors (Lipinski definition) is 7. The molecule has 1 N–H and O–H groups in total. The third kappa shape index (κ3) is 3.58. The lowest BCUT2D eigenvalue weighted by Gasteiger charge is -2.36. The third-order valence-corrected chi connectivity index (χ3v) is 5.11. The number of H-pyrrole nitrogens is 1. The number of aryl methyl sites for hydroxylation is 2. The molecule has 144 valence electrons. The summed E-state index contributed by atoms with van der Waals surface area (Å²) in [6.45, 7) is 9.02. The molecule has 8 nitrogen and oxygen atoms in total. The highest BCUT2D eigenvalue weighted by Crippen LogP contribution is 2.20. The maximum atomic E-state index is 12.0. The molecule has 0 bridgehead atoms. The van der Waals surface area contributed by atoms with Gasteiger partial charge < -0.3 is 14.8 Å². The zero-order valence-corrected chi connectivity index (χ0v) is 16.3. The van der Waals surface area contributed by atoms with Crippen LogP contribution in [0.5, 0.6) is 0 Å². The van der Waals surface area contributed by atoms with E-state index >= 15 is 0 Å². The monoisotopic (exact) mass is 377 g/mol. The average molecular weight is 377 g/mol. The van der Waals surface area contributed by atoms with Gasteiger partial charge in [-0.2, -0.15) is 0 Å². The molecule has 3 aromatic rings. The van der Waals surface area contributed by atoms with Crippen molar-refractivity contribution in [2.45, 2.75) is 20.8 Å². The van der Waals surface area contributed by atoms with Crippen LogP contribution in [0.1, 0.15) is 17.1 Å². The van der Waals surface area contributed by atoms with Crippen LogP contribution in [0.3, 0.4) is 0 Å². The first-order valence-corrected chi connectivity index (χ1v) is 9.35. The van der Waals surface area contributed by atoms with E-state index in [4.69, 9.17) is 0 Å². The standard InChI is InChI=1S/C20H23N7O/c1-13-14(2)23-19(25-20(13)28)16-4-5-17(22-12-16)26-8-10-27(11-9-26)18-6-7-21-15(3)24-18/h4-7,12H,8-11H2,1-3H3,(H,23,25,28). The summed E-state index contributed by atoms with van der Waals surface area (Å²) in [5.74, 6) is 3.24. The second-order valence-corrected chi connectivity index (χ2v) is 6.97. The Morgan fingerprint density at radius 1 is 0.893 bits per heavy atom. The van der Waals surface area contributed by atoms with E-state index in [1.807, 2.05) is 32.0 Å². The lowest BCUT2D eigenvalue weighted by Crippen LogP contribution is -2.47. The van der Waals surface area contributed by atoms with Crippen LogP contribution in [0.4, 0.5) is 11.6 Å². The van der Waals surface area contributed by atoms with E-state index in [1.165, 1.54) is 0 Å². The smallest absolute Gasteiger partial charge is 0.254 e. The lowest BCUT2D eigenvalue weighted by molar-refractivity contribution is 0.640. The Morgan fingerprint density at radius 3 is 2.21 bits per heavy atom. The average Bonchev–Trinajstić information content (AvgIpc) is 2.72. The molecule has 3 aromatic heterocycles. The Bertz CT molecular complexity index is 1040. The van der Waals surface area contributed by atoms with Crippen LogP contribution in [0, 0.1) is 20.8 Å². The molecule has 4 heterocycles. The van der Waals surface area contributed by atoms with Crippen molar-refractivity contribution >= 4 is 11.6 Å². The van der Waals surface area contributed by atoms with Gasteiger partial charge in [0.25, 0.3) is 5.56 Å². The summed E-state index contributed by atoms with van der Waals surface area (Å²) < 4.78 is 0. The summed E-state index contributed by atoms with van der Waals surface area (Å²) in [5, 5.41) is 0. The fraction of sp³-hybridized carbons (Fsp3) is 0.350. The predicted octanol–water partition coefficient (Wildman–Crippen LogP) is 1.87. The minimum atomic E-state index is -0.109. The summed E-state index contributed by atoms with van der Waals surface area (Å²) in [7, 11) is 0. The zero-order valence-electron chi connectivity index (χ0n) is 16.3. The van der Waals surface area contributed by atoms with Crippen LogP contribution in [0.15, 0.2) is 35.4 Å². The number of nitrogens with zero attached hydrogens (tertiary/aromatic N) is 6. The molecule has 0 unspecified atom stereocenters. The van der Waals surface area contributed by atoms with Crippen molar-refractivity contribution in [2.24, 2.45) is 0 Å². The number of anilines is 2. The first-order valence-electron chi connectivity index (χ1n) is 9.35. The number of nitrogens with one attached hydrogen (secondary N) is 1. The SMILES string of the molecule is Cc1nccc(N2CCN(c3ccc(-c4nc(C)c(C)c(=O)[nH]4)cn3)CC2)n1. The Hall–Kier alpha value is -3.29. The van der Waals surface area contributed by atoms with Crippen molar-refractivity contribution in [3.63, 3.8) is 0 Å². The van der Waals surface area contributed by atoms with Crippen LogP contribution < -0.4 is 15.4 Å². The number of pyridine rings is 1. The number of hydrogen-bond donors (Lipinski definition) is 1. The molecule has 0 radical (unpaired) electrons. The van der Waals surface area contributed by atoms with Crippen molar-refractivity contribution in [3.8, 4) is 11.4 Å². The van der Waals surface area contributed by atoms with E-state index in [0.717, 1.165) is 54.9 Å². The topological polar surface area (TPSA) is 90.9 Å². The van der Waals surface area contributed by atoms with E-state index in [0.29, 0.717) is 11.4 Å². The second kappa shape index (κ2) is 7.38. The molecule has 0 saturated carbocycles. The van der Waals surface area contributed by atoms with Crippen LogP contribution in [-0.2, 0) is 0 Å². The Kier molecular flexibility index (Phi) is 4.77. The molecule has 1 fully saturated rings. The molecule has 0 atom stereocenters. The summed E-state index contributed by atoms with van der Waals surface area (Å²) >= 11 is 0. The van der Waals surface area contributed by atoms with Crippen molar-refractivity contribution in [1.82, 2.24) is 24.9 Å². The fourth-order valence-corrected chi connectivity index (χ4v) is 3.28. The summed E-state index contributed by atoms with van der Waals surface area (Å²) in [5.41, 5.74) is 2.07. The molecular formula is C20H23N7O. The van der Waals surface area contributed by atoms with E-state index in [9.17, 15) is 4.79 Å². The van der Waals surface area contributed by atoms with E-state index < -0.39 is 0 Å². The minimum absolute atomic E-state index is 0.109. The number of rotatable bonds is 3. The van der Waals surface area contributed by atoms with Crippen molar-refractivity contribution in [2.75, 3.05) is 36.0 Å². The molecule has 28 heavy (non-hydrogen) atoms. The van der Waals surface area contributed by atoms with Gasteiger partial charge in [0.2, 0.25) is 0 Å². The van der Waals surface area contributed by atoms with Gasteiger partial charge in [-0.1, -0.05) is 0 Å². The minimum Gasteiger partial charge on any atom is -0.353 e. The van der Waals surface area contributed by atoms with Crippen LogP contribution in [0.2, 0.25) is 0 Å². The van der Waals surface area contributed by atoms with Gasteiger partial charge in [-0.25, -0.2) is 19.9 Å². The highest BCUT2D eigenvalue weighted by atomic mass is 16.1. The molecule has 8 heteroatoms. The number of aromatic amines is 1. The molecule has 0 aromatic carbocycles. The van der Waals surface area contributed by atoms with Crippen molar-refractivity contribution in [1.29, 1.82) is 0 Å². The maximum Gasteiger partial charge on any atom is 0.254 e. The molecule has 1 aliphatic heterocycles. The Morgan fingerprint density at radius 2 is 1.61 bits per heavy atom. The fourth-order valence-electron chi connectivity index (χ4n) is 3.28. The first kappa shape index (κ1) is 18.1. The third-order valence-electron chi connectivity index (χ3n) is 5.11. The van der Waals surface area contributed by atoms with Gasteiger partial charge in [-0.3, -0.25) is 4.79 Å². The molecule has 0 amide bonds. The molecule has 0 aliphatic carbocycles. The van der Waals surface area contributed by atoms with Crippen LogP contribution in [-0.4, -0.2) is 51.1 Å². The largest absolute Gasteiger partial charge is 0.353 e. The zero-order chi connectivity index (χ0) is 19.7. The number of aromatic nitrogens is 5. The molecule has 1 saturated heterocycles. The van der Waals surface area contributed by atoms with Gasteiger partial charge in [0.15, 0.2) is 0 Å². The van der Waals surface area contributed by atoms with Gasteiger partial charge >= 0.3 is 0 Å². The van der Waals surface area contributed by atoms with Gasteiger partial charge in [0, 0.05) is 55.4 Å². The summed E-state index contributed by atoms with van der Waals surface area (Å²) in [6, 6.07) is 5.89. The van der Waals surface area contributed by atoms with Crippen molar-refractivity contribution in [3.05, 3.63) is 58.0 Å². The molecular weight excluding hydrogens is 354 g/mol. The number of piperazine rings is 1. The lowest BCUT2D eigenvalue weighted by atomic mass is 10.2. The highest BCUT2D eigenvalue weighted by molar-refractivity contribution is 5.57. The van der Waals surface area contributed by atoms with Gasteiger partial charge in [-0.15, -0.1) is 0 Å². The van der Waals surface area contributed by atoms with E-state index in [2.05, 4.69) is 34.7 Å². The highest BCUT2D eigenvalue weighted by Gasteiger charge is 2.19. The normalized spacial score (nSPS) is 14.4. The van der Waals surface area contributed by atoms with Gasteiger partial charge in [0.05, 0.1) is 0 Å². The van der Waals surface area contributed by atoms with Gasteiger partial charge in [-0.05, 0) is 39.0 Å². The first-order chi connectivity index (χ1) is 13.5. The van der Waals surface area contributed by atoms with Crippen LogP contribution in [0.25, 0.3) is 11.4 Å². The maximum absolute atomic E-state index is 12.0. The van der Waals surface area contributed by atoms with E-state index in [1.54, 1.807) is 19.3 Å². The van der Waals surface area contributed by atoms with E-state index in [-0.39, 0.29) is 5.56 Å². The Labute approximate surface area is 163 Å². The summed E-state index contributed by atoms with van der Waals surface area (Å²) in [6.07, 6.45) is 3.57. The van der Waals surface area contributed by atoms with Crippen molar-refractivity contribution < 1.29 is 0 Å². The second-order valence-electron chi connectivity index (χ2n) is 6.97.